The predicted molar refractivity (Wildman–Crippen MR) is 61.6 cm³/mol. The lowest BCUT2D eigenvalue weighted by Crippen LogP contribution is -2.43. The molecule has 1 aromatic heterocycles. The van der Waals surface area contributed by atoms with Crippen molar-refractivity contribution >= 4 is 11.9 Å². The number of fused-ring (bicyclic) bond motifs is 5. The Balaban J connectivity index is 2.11. The molecule has 0 bridgehead atoms. The Morgan fingerprint density at radius 3 is 2.74 bits per heavy atom. The van der Waals surface area contributed by atoms with E-state index in [-0.39, 0.29) is 0 Å². The molecule has 0 saturated carbocycles. The summed E-state index contributed by atoms with van der Waals surface area (Å²) in [5, 5.41) is 4.71. The van der Waals surface area contributed by atoms with E-state index in [1.165, 1.54) is 18.4 Å². The molecule has 1 atom stereocenters. The van der Waals surface area contributed by atoms with E-state index in [0.29, 0.717) is 22.5 Å². The average molecular weight is 258 g/mol. The van der Waals surface area contributed by atoms with Crippen LogP contribution in [0, 0.1) is 5.82 Å². The van der Waals surface area contributed by atoms with Gasteiger partial charge in [-0.3, -0.25) is 10.1 Å². The summed E-state index contributed by atoms with van der Waals surface area (Å²) >= 11 is 0. The van der Waals surface area contributed by atoms with Gasteiger partial charge >= 0.3 is 6.03 Å². The highest BCUT2D eigenvalue weighted by Crippen LogP contribution is 2.49. The number of nitrogens with one attached hydrogen (secondary N) is 2. The summed E-state index contributed by atoms with van der Waals surface area (Å²) in [6.45, 7) is 0. The maximum Gasteiger partial charge on any atom is 0.322 e. The minimum Gasteiger partial charge on any atom is -0.465 e. The lowest BCUT2D eigenvalue weighted by atomic mass is 9.91. The Morgan fingerprint density at radius 2 is 2.00 bits per heavy atom. The van der Waals surface area contributed by atoms with Crippen LogP contribution in [0.25, 0.3) is 11.1 Å². The number of benzene rings is 1. The van der Waals surface area contributed by atoms with E-state index in [2.05, 4.69) is 10.6 Å². The number of rotatable bonds is 0. The molecular formula is C13H7FN2O3. The van der Waals surface area contributed by atoms with E-state index in [0.717, 1.165) is 0 Å². The lowest BCUT2D eigenvalue weighted by Gasteiger charge is -2.20. The highest BCUT2D eigenvalue weighted by Gasteiger charge is 2.57. The van der Waals surface area contributed by atoms with Crippen molar-refractivity contribution in [3.63, 3.8) is 0 Å². The number of amides is 3. The molecule has 19 heavy (non-hydrogen) atoms. The van der Waals surface area contributed by atoms with Crippen molar-refractivity contribution in [2.24, 2.45) is 0 Å². The molecule has 5 nitrogen and oxygen atoms in total. The second-order valence-corrected chi connectivity index (χ2v) is 4.51. The van der Waals surface area contributed by atoms with Crippen molar-refractivity contribution in [1.82, 2.24) is 10.6 Å². The van der Waals surface area contributed by atoms with Gasteiger partial charge in [0, 0.05) is 11.1 Å². The maximum absolute atomic E-state index is 13.5. The minimum atomic E-state index is -1.45. The van der Waals surface area contributed by atoms with Gasteiger partial charge < -0.3 is 9.73 Å². The first-order valence-corrected chi connectivity index (χ1v) is 5.65. The van der Waals surface area contributed by atoms with Crippen LogP contribution in [0.3, 0.4) is 0 Å². The highest BCUT2D eigenvalue weighted by atomic mass is 19.1. The van der Waals surface area contributed by atoms with Crippen LogP contribution in [-0.4, -0.2) is 11.9 Å². The number of halogens is 1. The van der Waals surface area contributed by atoms with Crippen molar-refractivity contribution in [1.29, 1.82) is 0 Å². The average Bonchev–Trinajstić information content (AvgIpc) is 2.99. The Morgan fingerprint density at radius 1 is 1.16 bits per heavy atom. The lowest BCUT2D eigenvalue weighted by molar-refractivity contribution is -0.123. The third-order valence-electron chi connectivity index (χ3n) is 3.55. The van der Waals surface area contributed by atoms with Gasteiger partial charge in [-0.1, -0.05) is 6.07 Å². The zero-order chi connectivity index (χ0) is 13.2. The van der Waals surface area contributed by atoms with Crippen LogP contribution in [0.2, 0.25) is 0 Å². The number of urea groups is 1. The Hall–Kier alpha value is -2.63. The van der Waals surface area contributed by atoms with Gasteiger partial charge in [-0.05, 0) is 23.8 Å². The zero-order valence-corrected chi connectivity index (χ0v) is 9.49. The molecule has 2 heterocycles. The number of hydrogen-bond acceptors (Lipinski definition) is 3. The van der Waals surface area contributed by atoms with Gasteiger partial charge in [-0.15, -0.1) is 0 Å². The summed E-state index contributed by atoms with van der Waals surface area (Å²) in [7, 11) is 0. The summed E-state index contributed by atoms with van der Waals surface area (Å²) < 4.78 is 18.8. The number of carbonyl (C=O) groups excluding carboxylic acids is 2. The van der Waals surface area contributed by atoms with Crippen molar-refractivity contribution < 1.29 is 18.4 Å². The van der Waals surface area contributed by atoms with Gasteiger partial charge in [-0.25, -0.2) is 9.18 Å². The molecule has 2 N–H and O–H groups in total. The molecule has 1 spiro atoms. The monoisotopic (exact) mass is 258 g/mol. The molecule has 1 aliphatic heterocycles. The van der Waals surface area contributed by atoms with Gasteiger partial charge in [0.1, 0.15) is 5.82 Å². The van der Waals surface area contributed by atoms with Crippen LogP contribution in [0.4, 0.5) is 9.18 Å². The van der Waals surface area contributed by atoms with Crippen molar-refractivity contribution in [3.05, 3.63) is 47.7 Å². The number of furan rings is 1. The molecular weight excluding hydrogens is 251 g/mol. The first-order chi connectivity index (χ1) is 9.13. The standard InChI is InChI=1S/C13H7FN2O3/c14-6-1-2-7-8-3-4-19-10(8)13(9(7)5-6)11(17)15-12(18)16-13/h1-5H,(H2,15,16,17,18). The van der Waals surface area contributed by atoms with Gasteiger partial charge in [0.05, 0.1) is 6.26 Å². The predicted octanol–water partition coefficient (Wildman–Crippen LogP) is 1.48. The smallest absolute Gasteiger partial charge is 0.322 e. The highest BCUT2D eigenvalue weighted by molar-refractivity contribution is 6.12. The largest absolute Gasteiger partial charge is 0.465 e. The fourth-order valence-corrected chi connectivity index (χ4v) is 2.80. The zero-order valence-electron chi connectivity index (χ0n) is 9.49. The van der Waals surface area contributed by atoms with Crippen molar-refractivity contribution in [2.75, 3.05) is 0 Å². The molecule has 3 amide bonds. The van der Waals surface area contributed by atoms with Crippen LogP contribution in [-0.2, 0) is 10.3 Å². The van der Waals surface area contributed by atoms with Crippen molar-refractivity contribution in [3.8, 4) is 11.1 Å². The second-order valence-electron chi connectivity index (χ2n) is 4.51. The normalized spacial score (nSPS) is 23.2. The minimum absolute atomic E-state index is 0.316. The molecule has 2 aliphatic rings. The van der Waals surface area contributed by atoms with Crippen LogP contribution in [0.15, 0.2) is 34.9 Å². The number of carbonyl (C=O) groups is 2. The van der Waals surface area contributed by atoms with Crippen LogP contribution < -0.4 is 10.6 Å². The Bertz CT molecular complexity index is 752. The SMILES string of the molecule is O=C1NC(=O)C2(N1)c1cc(F)ccc1-c1ccoc12. The summed E-state index contributed by atoms with van der Waals surface area (Å²) in [5.74, 6) is -0.716. The molecule has 0 radical (unpaired) electrons. The molecule has 1 aromatic carbocycles. The third-order valence-corrected chi connectivity index (χ3v) is 3.55. The summed E-state index contributed by atoms with van der Waals surface area (Å²) in [6.07, 6.45) is 1.44. The van der Waals surface area contributed by atoms with Crippen LogP contribution in [0.5, 0.6) is 0 Å². The fraction of sp³-hybridized carbons (Fsp3) is 0.0769. The quantitative estimate of drug-likeness (QED) is 0.703. The molecule has 94 valence electrons. The maximum atomic E-state index is 13.5. The topological polar surface area (TPSA) is 71.3 Å². The molecule has 1 unspecified atom stereocenters. The Labute approximate surface area is 106 Å². The number of imide groups is 1. The molecule has 1 saturated heterocycles. The third kappa shape index (κ3) is 1.04. The summed E-state index contributed by atoms with van der Waals surface area (Å²) in [6, 6.07) is 5.20. The Kier molecular flexibility index (Phi) is 1.64. The molecule has 1 fully saturated rings. The van der Waals surface area contributed by atoms with E-state index in [9.17, 15) is 14.0 Å². The van der Waals surface area contributed by atoms with E-state index in [1.54, 1.807) is 12.1 Å². The fourth-order valence-electron chi connectivity index (χ4n) is 2.80. The van der Waals surface area contributed by atoms with Crippen molar-refractivity contribution in [2.45, 2.75) is 5.54 Å². The second kappa shape index (κ2) is 3.03. The van der Waals surface area contributed by atoms with E-state index in [1.807, 2.05) is 0 Å². The van der Waals surface area contributed by atoms with Crippen LogP contribution >= 0.6 is 0 Å². The molecule has 6 heteroatoms. The first kappa shape index (κ1) is 10.3. The summed E-state index contributed by atoms with van der Waals surface area (Å²) in [4.78, 5) is 23.6. The number of hydrogen-bond donors (Lipinski definition) is 2. The van der Waals surface area contributed by atoms with E-state index in [4.69, 9.17) is 4.42 Å². The van der Waals surface area contributed by atoms with Gasteiger partial charge in [-0.2, -0.15) is 0 Å². The van der Waals surface area contributed by atoms with Gasteiger partial charge in [0.2, 0.25) is 5.54 Å². The first-order valence-electron chi connectivity index (χ1n) is 5.65. The summed E-state index contributed by atoms with van der Waals surface area (Å²) in [5.41, 5.74) is 0.313. The molecule has 4 rings (SSSR count). The molecule has 1 aliphatic carbocycles. The van der Waals surface area contributed by atoms with Crippen LogP contribution in [0.1, 0.15) is 11.3 Å². The van der Waals surface area contributed by atoms with Gasteiger partial charge in [0.15, 0.2) is 5.76 Å². The molecule has 2 aromatic rings. The van der Waals surface area contributed by atoms with Gasteiger partial charge in [0.25, 0.3) is 5.91 Å². The van der Waals surface area contributed by atoms with E-state index >= 15 is 0 Å². The van der Waals surface area contributed by atoms with E-state index < -0.39 is 23.3 Å².